The number of halogens is 2. The van der Waals surface area contributed by atoms with Gasteiger partial charge in [0, 0.05) is 6.07 Å². The van der Waals surface area contributed by atoms with E-state index in [0.29, 0.717) is 18.4 Å². The van der Waals surface area contributed by atoms with Gasteiger partial charge >= 0.3 is 0 Å². The number of rotatable bonds is 4. The zero-order valence-electron chi connectivity index (χ0n) is 9.00. The van der Waals surface area contributed by atoms with Gasteiger partial charge in [0.2, 0.25) is 0 Å². The highest BCUT2D eigenvalue weighted by atomic mass is 19.1. The standard InChI is InChI=1S/C12H16F2O/c1-8(5-9(2)15)6-10-3-4-11(13)7-12(10)14/h3-4,7-9,15H,5-6H2,1-2H3. The molecule has 15 heavy (non-hydrogen) atoms. The molecule has 0 bridgehead atoms. The molecular weight excluding hydrogens is 198 g/mol. The van der Waals surface area contributed by atoms with Gasteiger partial charge < -0.3 is 5.11 Å². The Labute approximate surface area is 88.7 Å². The molecule has 0 aliphatic rings. The number of aliphatic hydroxyl groups excluding tert-OH is 1. The third kappa shape index (κ3) is 3.96. The molecule has 0 spiro atoms. The average Bonchev–Trinajstić information content (AvgIpc) is 2.08. The van der Waals surface area contributed by atoms with Gasteiger partial charge in [-0.05, 0) is 37.3 Å². The maximum Gasteiger partial charge on any atom is 0.129 e. The van der Waals surface area contributed by atoms with E-state index in [2.05, 4.69) is 0 Å². The van der Waals surface area contributed by atoms with E-state index in [4.69, 9.17) is 5.11 Å². The molecule has 0 heterocycles. The molecule has 0 aliphatic heterocycles. The van der Waals surface area contributed by atoms with Crippen LogP contribution in [0.3, 0.4) is 0 Å². The molecule has 1 N–H and O–H groups in total. The van der Waals surface area contributed by atoms with E-state index in [9.17, 15) is 8.78 Å². The highest BCUT2D eigenvalue weighted by Crippen LogP contribution is 2.17. The van der Waals surface area contributed by atoms with Crippen LogP contribution in [0.4, 0.5) is 8.78 Å². The summed E-state index contributed by atoms with van der Waals surface area (Å²) in [6, 6.07) is 3.61. The minimum absolute atomic E-state index is 0.185. The molecule has 1 nitrogen and oxygen atoms in total. The molecule has 0 saturated heterocycles. The molecular formula is C12H16F2O. The average molecular weight is 214 g/mol. The van der Waals surface area contributed by atoms with Crippen molar-refractivity contribution in [1.82, 2.24) is 0 Å². The second kappa shape index (κ2) is 5.21. The Bertz CT molecular complexity index is 323. The number of benzene rings is 1. The second-order valence-electron chi connectivity index (χ2n) is 4.13. The van der Waals surface area contributed by atoms with E-state index in [1.807, 2.05) is 6.92 Å². The fourth-order valence-electron chi connectivity index (χ4n) is 1.73. The SMILES string of the molecule is CC(O)CC(C)Cc1ccc(F)cc1F. The molecule has 1 aromatic carbocycles. The zero-order valence-corrected chi connectivity index (χ0v) is 9.00. The molecule has 0 aromatic heterocycles. The van der Waals surface area contributed by atoms with Crippen LogP contribution < -0.4 is 0 Å². The first-order valence-corrected chi connectivity index (χ1v) is 5.11. The largest absolute Gasteiger partial charge is 0.393 e. The minimum Gasteiger partial charge on any atom is -0.393 e. The summed E-state index contributed by atoms with van der Waals surface area (Å²) in [5, 5.41) is 9.16. The van der Waals surface area contributed by atoms with E-state index < -0.39 is 11.6 Å². The Balaban J connectivity index is 2.64. The van der Waals surface area contributed by atoms with Crippen molar-refractivity contribution in [2.24, 2.45) is 5.92 Å². The van der Waals surface area contributed by atoms with Crippen molar-refractivity contribution < 1.29 is 13.9 Å². The normalized spacial score (nSPS) is 15.0. The van der Waals surface area contributed by atoms with Gasteiger partial charge in [0.1, 0.15) is 11.6 Å². The first-order chi connectivity index (χ1) is 6.99. The van der Waals surface area contributed by atoms with E-state index in [1.165, 1.54) is 12.1 Å². The lowest BCUT2D eigenvalue weighted by atomic mass is 9.95. The Morgan fingerprint density at radius 1 is 1.27 bits per heavy atom. The lowest BCUT2D eigenvalue weighted by molar-refractivity contribution is 0.164. The summed E-state index contributed by atoms with van der Waals surface area (Å²) in [5.41, 5.74) is 0.504. The third-order valence-electron chi connectivity index (χ3n) is 2.33. The predicted octanol–water partition coefficient (Wildman–Crippen LogP) is 2.91. The molecule has 2 atom stereocenters. The zero-order chi connectivity index (χ0) is 11.4. The Morgan fingerprint density at radius 2 is 1.93 bits per heavy atom. The van der Waals surface area contributed by atoms with Gasteiger partial charge in [-0.3, -0.25) is 0 Å². The third-order valence-corrected chi connectivity index (χ3v) is 2.33. The summed E-state index contributed by atoms with van der Waals surface area (Å²) in [4.78, 5) is 0. The number of hydrogen-bond donors (Lipinski definition) is 1. The number of aliphatic hydroxyl groups is 1. The molecule has 0 aliphatic carbocycles. The maximum absolute atomic E-state index is 13.2. The van der Waals surface area contributed by atoms with Crippen LogP contribution in [0.5, 0.6) is 0 Å². The van der Waals surface area contributed by atoms with Crippen LogP contribution in [0.2, 0.25) is 0 Å². The summed E-state index contributed by atoms with van der Waals surface area (Å²) in [6.45, 7) is 3.65. The summed E-state index contributed by atoms with van der Waals surface area (Å²) >= 11 is 0. The van der Waals surface area contributed by atoms with Crippen molar-refractivity contribution in [2.75, 3.05) is 0 Å². The van der Waals surface area contributed by atoms with Gasteiger partial charge in [0.15, 0.2) is 0 Å². The molecule has 2 unspecified atom stereocenters. The molecule has 0 radical (unpaired) electrons. The summed E-state index contributed by atoms with van der Waals surface area (Å²) in [7, 11) is 0. The van der Waals surface area contributed by atoms with E-state index in [-0.39, 0.29) is 12.0 Å². The van der Waals surface area contributed by atoms with E-state index in [1.54, 1.807) is 6.92 Å². The maximum atomic E-state index is 13.2. The van der Waals surface area contributed by atoms with Gasteiger partial charge in [0.25, 0.3) is 0 Å². The topological polar surface area (TPSA) is 20.2 Å². The predicted molar refractivity (Wildman–Crippen MR) is 55.5 cm³/mol. The Morgan fingerprint density at radius 3 is 2.47 bits per heavy atom. The molecule has 0 fully saturated rings. The molecule has 0 amide bonds. The van der Waals surface area contributed by atoms with Crippen molar-refractivity contribution in [3.05, 3.63) is 35.4 Å². The second-order valence-corrected chi connectivity index (χ2v) is 4.13. The summed E-state index contributed by atoms with van der Waals surface area (Å²) < 4.78 is 25.9. The highest BCUT2D eigenvalue weighted by molar-refractivity contribution is 5.18. The molecule has 3 heteroatoms. The lowest BCUT2D eigenvalue weighted by Gasteiger charge is -2.13. The highest BCUT2D eigenvalue weighted by Gasteiger charge is 2.10. The monoisotopic (exact) mass is 214 g/mol. The van der Waals surface area contributed by atoms with E-state index >= 15 is 0 Å². The van der Waals surface area contributed by atoms with Crippen LogP contribution in [-0.2, 0) is 6.42 Å². The van der Waals surface area contributed by atoms with Gasteiger partial charge in [-0.1, -0.05) is 13.0 Å². The van der Waals surface area contributed by atoms with Gasteiger partial charge in [-0.2, -0.15) is 0 Å². The van der Waals surface area contributed by atoms with Crippen molar-refractivity contribution in [3.63, 3.8) is 0 Å². The van der Waals surface area contributed by atoms with Gasteiger partial charge in [-0.25, -0.2) is 8.78 Å². The van der Waals surface area contributed by atoms with Gasteiger partial charge in [0.05, 0.1) is 6.10 Å². The quantitative estimate of drug-likeness (QED) is 0.817. The van der Waals surface area contributed by atoms with Crippen LogP contribution in [-0.4, -0.2) is 11.2 Å². The Kier molecular flexibility index (Phi) is 4.21. The smallest absolute Gasteiger partial charge is 0.129 e. The van der Waals surface area contributed by atoms with Crippen LogP contribution >= 0.6 is 0 Å². The minimum atomic E-state index is -0.556. The summed E-state index contributed by atoms with van der Waals surface area (Å²) in [5.74, 6) is -0.878. The lowest BCUT2D eigenvalue weighted by Crippen LogP contribution is -2.10. The van der Waals surface area contributed by atoms with Crippen molar-refractivity contribution in [1.29, 1.82) is 0 Å². The first-order valence-electron chi connectivity index (χ1n) is 5.11. The van der Waals surface area contributed by atoms with Crippen molar-refractivity contribution in [2.45, 2.75) is 32.8 Å². The van der Waals surface area contributed by atoms with Crippen LogP contribution in [0.25, 0.3) is 0 Å². The Hall–Kier alpha value is -0.960. The molecule has 1 aromatic rings. The van der Waals surface area contributed by atoms with Crippen LogP contribution in [0, 0.1) is 17.6 Å². The fourth-order valence-corrected chi connectivity index (χ4v) is 1.73. The fraction of sp³-hybridized carbons (Fsp3) is 0.500. The van der Waals surface area contributed by atoms with E-state index in [0.717, 1.165) is 6.07 Å². The van der Waals surface area contributed by atoms with Crippen LogP contribution in [0.1, 0.15) is 25.8 Å². The molecule has 84 valence electrons. The van der Waals surface area contributed by atoms with Gasteiger partial charge in [-0.15, -0.1) is 0 Å². The van der Waals surface area contributed by atoms with Crippen LogP contribution in [0.15, 0.2) is 18.2 Å². The molecule has 0 saturated carbocycles. The van der Waals surface area contributed by atoms with Crippen molar-refractivity contribution >= 4 is 0 Å². The number of hydrogen-bond acceptors (Lipinski definition) is 1. The molecule has 1 rings (SSSR count). The first kappa shape index (κ1) is 12.1. The van der Waals surface area contributed by atoms with Crippen molar-refractivity contribution in [3.8, 4) is 0 Å². The summed E-state index contributed by atoms with van der Waals surface area (Å²) in [6.07, 6.45) is 0.761.